The van der Waals surface area contributed by atoms with Crippen LogP contribution in [0.4, 0.5) is 0 Å². The molecule has 1 N–H and O–H groups in total. The molecule has 0 radical (unpaired) electrons. The number of halogens is 1. The highest BCUT2D eigenvalue weighted by molar-refractivity contribution is 14.0. The lowest BCUT2D eigenvalue weighted by Gasteiger charge is -2.21. The van der Waals surface area contributed by atoms with Crippen molar-refractivity contribution in [3.8, 4) is 0 Å². The molecule has 0 aliphatic heterocycles. The fourth-order valence-corrected chi connectivity index (χ4v) is 3.78. The van der Waals surface area contributed by atoms with Crippen molar-refractivity contribution in [1.29, 1.82) is 0 Å². The first-order valence-corrected chi connectivity index (χ1v) is 9.77. The van der Waals surface area contributed by atoms with Crippen LogP contribution < -0.4 is 5.32 Å². The number of ether oxygens (including phenoxy) is 1. The van der Waals surface area contributed by atoms with E-state index in [1.807, 2.05) is 37.1 Å². The summed E-state index contributed by atoms with van der Waals surface area (Å²) in [7, 11) is 5.48. The first kappa shape index (κ1) is 22.6. The van der Waals surface area contributed by atoms with Crippen LogP contribution >= 0.6 is 35.3 Å². The van der Waals surface area contributed by atoms with E-state index in [1.54, 1.807) is 25.5 Å². The number of aliphatic imine (C=N–C) groups is 1. The average molecular weight is 514 g/mol. The van der Waals surface area contributed by atoms with Crippen molar-refractivity contribution in [2.45, 2.75) is 33.0 Å². The molecular weight excluding hydrogens is 487 g/mol. The standard InChI is InChI=1S/C20H26N4O2S.HI/c1-13-16-8-6-7-9-17(16)26-18(13)10-22-20(21-3)24(4)11-15-12-27-19(23-15)14(2)25-5;/h6-9,12,14H,10-11H2,1-5H3,(H,21,22);1H. The van der Waals surface area contributed by atoms with Gasteiger partial charge in [-0.1, -0.05) is 18.2 Å². The van der Waals surface area contributed by atoms with Crippen molar-refractivity contribution in [1.82, 2.24) is 15.2 Å². The van der Waals surface area contributed by atoms with Gasteiger partial charge in [-0.05, 0) is 19.9 Å². The molecule has 0 fully saturated rings. The lowest BCUT2D eigenvalue weighted by molar-refractivity contribution is 0.119. The zero-order valence-electron chi connectivity index (χ0n) is 16.9. The van der Waals surface area contributed by atoms with Gasteiger partial charge in [0, 0.05) is 37.5 Å². The Hall–Kier alpha value is -1.65. The van der Waals surface area contributed by atoms with E-state index in [4.69, 9.17) is 9.15 Å². The van der Waals surface area contributed by atoms with Gasteiger partial charge in [0.15, 0.2) is 5.96 Å². The molecule has 152 valence electrons. The summed E-state index contributed by atoms with van der Waals surface area (Å²) in [6.07, 6.45) is 0.0163. The van der Waals surface area contributed by atoms with Gasteiger partial charge in [-0.15, -0.1) is 35.3 Å². The Morgan fingerprint density at radius 3 is 2.82 bits per heavy atom. The van der Waals surface area contributed by atoms with Crippen LogP contribution in [0.2, 0.25) is 0 Å². The predicted octanol–water partition coefficient (Wildman–Crippen LogP) is 4.73. The van der Waals surface area contributed by atoms with Crippen molar-refractivity contribution in [2.75, 3.05) is 21.2 Å². The number of rotatable bonds is 6. The van der Waals surface area contributed by atoms with E-state index in [0.717, 1.165) is 39.0 Å². The van der Waals surface area contributed by atoms with E-state index in [1.165, 1.54) is 0 Å². The first-order valence-electron chi connectivity index (χ1n) is 8.89. The first-order chi connectivity index (χ1) is 13.0. The Labute approximate surface area is 187 Å². The third kappa shape index (κ3) is 5.03. The normalized spacial score (nSPS) is 12.7. The van der Waals surface area contributed by atoms with Crippen LogP contribution in [0.15, 0.2) is 39.1 Å². The highest BCUT2D eigenvalue weighted by Gasteiger charge is 2.14. The smallest absolute Gasteiger partial charge is 0.194 e. The number of hydrogen-bond acceptors (Lipinski definition) is 5. The minimum absolute atomic E-state index is 0. The topological polar surface area (TPSA) is 62.9 Å². The summed E-state index contributed by atoms with van der Waals surface area (Å²) in [4.78, 5) is 11.1. The number of thiazole rings is 1. The van der Waals surface area contributed by atoms with Gasteiger partial charge in [-0.2, -0.15) is 0 Å². The zero-order valence-corrected chi connectivity index (χ0v) is 20.0. The minimum atomic E-state index is 0. The molecule has 8 heteroatoms. The number of hydrogen-bond donors (Lipinski definition) is 1. The molecular formula is C20H27IN4O2S. The fraction of sp³-hybridized carbons (Fsp3) is 0.400. The fourth-order valence-electron chi connectivity index (χ4n) is 2.94. The number of benzene rings is 1. The molecule has 1 unspecified atom stereocenters. The Kier molecular flexibility index (Phi) is 8.26. The molecule has 0 spiro atoms. The van der Waals surface area contributed by atoms with Gasteiger partial charge >= 0.3 is 0 Å². The highest BCUT2D eigenvalue weighted by atomic mass is 127. The Morgan fingerprint density at radius 1 is 1.39 bits per heavy atom. The molecule has 0 amide bonds. The molecule has 0 saturated heterocycles. The molecule has 0 saturated carbocycles. The van der Waals surface area contributed by atoms with Crippen LogP contribution in [0, 0.1) is 6.92 Å². The Bertz CT molecular complexity index is 937. The summed E-state index contributed by atoms with van der Waals surface area (Å²) in [5, 5.41) is 7.59. The maximum atomic E-state index is 5.97. The van der Waals surface area contributed by atoms with Crippen LogP contribution in [-0.2, 0) is 17.8 Å². The van der Waals surface area contributed by atoms with Crippen LogP contribution in [0.25, 0.3) is 11.0 Å². The van der Waals surface area contributed by atoms with Crippen LogP contribution in [-0.4, -0.2) is 37.0 Å². The molecule has 28 heavy (non-hydrogen) atoms. The summed E-state index contributed by atoms with van der Waals surface area (Å²) < 4.78 is 11.3. The summed E-state index contributed by atoms with van der Waals surface area (Å²) in [6.45, 7) is 5.35. The number of furan rings is 1. The monoisotopic (exact) mass is 514 g/mol. The van der Waals surface area contributed by atoms with E-state index >= 15 is 0 Å². The maximum absolute atomic E-state index is 5.97. The second-order valence-electron chi connectivity index (χ2n) is 6.46. The van der Waals surface area contributed by atoms with Crippen molar-refractivity contribution in [2.24, 2.45) is 4.99 Å². The van der Waals surface area contributed by atoms with Crippen molar-refractivity contribution in [3.05, 3.63) is 51.7 Å². The number of guanidine groups is 1. The second kappa shape index (κ2) is 10.2. The summed E-state index contributed by atoms with van der Waals surface area (Å²) >= 11 is 1.62. The minimum Gasteiger partial charge on any atom is -0.459 e. The largest absolute Gasteiger partial charge is 0.459 e. The molecule has 3 aromatic rings. The quantitative estimate of drug-likeness (QED) is 0.293. The molecule has 3 rings (SSSR count). The number of methoxy groups -OCH3 is 1. The summed E-state index contributed by atoms with van der Waals surface area (Å²) in [5.41, 5.74) is 3.08. The Morgan fingerprint density at radius 2 is 2.14 bits per heavy atom. The third-order valence-corrected chi connectivity index (χ3v) is 5.65. The number of nitrogens with zero attached hydrogens (tertiary/aromatic N) is 3. The van der Waals surface area contributed by atoms with E-state index in [2.05, 4.69) is 33.7 Å². The third-order valence-electron chi connectivity index (χ3n) is 4.59. The van der Waals surface area contributed by atoms with Crippen LogP contribution in [0.1, 0.15) is 35.1 Å². The number of para-hydroxylation sites is 1. The lowest BCUT2D eigenvalue weighted by Crippen LogP contribution is -2.38. The van der Waals surface area contributed by atoms with Crippen molar-refractivity contribution < 1.29 is 9.15 Å². The summed E-state index contributed by atoms with van der Waals surface area (Å²) in [5.74, 6) is 1.72. The number of nitrogens with one attached hydrogen (secondary N) is 1. The average Bonchev–Trinajstić information content (AvgIpc) is 3.27. The van der Waals surface area contributed by atoms with Crippen LogP contribution in [0.5, 0.6) is 0 Å². The van der Waals surface area contributed by atoms with E-state index in [9.17, 15) is 0 Å². The number of aromatic nitrogens is 1. The zero-order chi connectivity index (χ0) is 19.4. The maximum Gasteiger partial charge on any atom is 0.194 e. The second-order valence-corrected chi connectivity index (χ2v) is 7.35. The molecule has 6 nitrogen and oxygen atoms in total. The SMILES string of the molecule is CN=C(NCc1oc2ccccc2c1C)N(C)Cc1csc(C(C)OC)n1.I. The number of fused-ring (bicyclic) bond motifs is 1. The van der Waals surface area contributed by atoms with Gasteiger partial charge in [0.25, 0.3) is 0 Å². The number of aryl methyl sites for hydroxylation is 1. The van der Waals surface area contributed by atoms with Crippen LogP contribution in [0.3, 0.4) is 0 Å². The molecule has 0 aliphatic carbocycles. The summed E-state index contributed by atoms with van der Waals surface area (Å²) in [6, 6.07) is 8.09. The van der Waals surface area contributed by atoms with Gasteiger partial charge in [0.1, 0.15) is 22.5 Å². The van der Waals surface area contributed by atoms with E-state index in [-0.39, 0.29) is 30.1 Å². The molecule has 0 aliphatic rings. The Balaban J connectivity index is 0.00000280. The van der Waals surface area contributed by atoms with E-state index in [0.29, 0.717) is 13.1 Å². The van der Waals surface area contributed by atoms with Gasteiger partial charge in [-0.3, -0.25) is 4.99 Å². The lowest BCUT2D eigenvalue weighted by atomic mass is 10.1. The van der Waals surface area contributed by atoms with Gasteiger partial charge in [-0.25, -0.2) is 4.98 Å². The van der Waals surface area contributed by atoms with Gasteiger partial charge in [0.05, 0.1) is 18.8 Å². The van der Waals surface area contributed by atoms with Crippen molar-refractivity contribution in [3.63, 3.8) is 0 Å². The molecule has 1 aromatic carbocycles. The molecule has 2 heterocycles. The van der Waals surface area contributed by atoms with Gasteiger partial charge < -0.3 is 19.4 Å². The molecule has 1 atom stereocenters. The van der Waals surface area contributed by atoms with Gasteiger partial charge in [0.2, 0.25) is 0 Å². The molecule has 2 aromatic heterocycles. The van der Waals surface area contributed by atoms with E-state index < -0.39 is 0 Å². The van der Waals surface area contributed by atoms with Crippen molar-refractivity contribution >= 4 is 52.2 Å². The molecule has 0 bridgehead atoms. The predicted molar refractivity (Wildman–Crippen MR) is 126 cm³/mol. The highest BCUT2D eigenvalue weighted by Crippen LogP contribution is 2.25.